The minimum atomic E-state index is -0.997. The summed E-state index contributed by atoms with van der Waals surface area (Å²) in [5, 5.41) is 12.8. The van der Waals surface area contributed by atoms with Gasteiger partial charge in [-0.05, 0) is 69.1 Å². The standard InChI is InChI=1S/C26H22O5/c1-29-24-13-19-12-18(8-11-26(27)28)21-10-9-20(31-16-17-6-4-3-5-7-17)14-23(21)22(19)15-25(24)30-2/h3-15H,16H2,1-2H3,(H,27,28)/b11-8+. The number of ether oxygens (including phenoxy) is 3. The summed E-state index contributed by atoms with van der Waals surface area (Å²) in [6.45, 7) is 0.458. The zero-order chi connectivity index (χ0) is 21.8. The maximum absolute atomic E-state index is 11.1. The lowest BCUT2D eigenvalue weighted by molar-refractivity contribution is -0.131. The summed E-state index contributed by atoms with van der Waals surface area (Å²) >= 11 is 0. The van der Waals surface area contributed by atoms with Gasteiger partial charge in [0.2, 0.25) is 0 Å². The molecule has 0 aromatic heterocycles. The van der Waals surface area contributed by atoms with E-state index >= 15 is 0 Å². The lowest BCUT2D eigenvalue weighted by atomic mass is 9.96. The lowest BCUT2D eigenvalue weighted by Gasteiger charge is -2.14. The number of fused-ring (bicyclic) bond motifs is 3. The van der Waals surface area contributed by atoms with Crippen molar-refractivity contribution in [3.05, 3.63) is 83.9 Å². The molecule has 0 fully saturated rings. The van der Waals surface area contributed by atoms with E-state index in [1.165, 1.54) is 0 Å². The van der Waals surface area contributed by atoms with Crippen LogP contribution in [0.5, 0.6) is 17.2 Å². The zero-order valence-electron chi connectivity index (χ0n) is 17.3. The minimum absolute atomic E-state index is 0.458. The SMILES string of the molecule is COc1cc2cc(/C=C/C(=O)O)c3ccc(OCc4ccccc4)cc3c2cc1OC. The van der Waals surface area contributed by atoms with Gasteiger partial charge in [0.1, 0.15) is 12.4 Å². The molecule has 31 heavy (non-hydrogen) atoms. The van der Waals surface area contributed by atoms with Gasteiger partial charge in [-0.25, -0.2) is 4.79 Å². The van der Waals surface area contributed by atoms with Crippen molar-refractivity contribution in [2.75, 3.05) is 14.2 Å². The van der Waals surface area contributed by atoms with Crippen LogP contribution in [-0.4, -0.2) is 25.3 Å². The van der Waals surface area contributed by atoms with E-state index in [1.807, 2.05) is 66.7 Å². The van der Waals surface area contributed by atoms with Gasteiger partial charge in [0.25, 0.3) is 0 Å². The molecule has 0 radical (unpaired) electrons. The number of carbonyl (C=O) groups is 1. The third-order valence-electron chi connectivity index (χ3n) is 5.11. The third-order valence-corrected chi connectivity index (χ3v) is 5.11. The van der Waals surface area contributed by atoms with Gasteiger partial charge >= 0.3 is 5.97 Å². The summed E-state index contributed by atoms with van der Waals surface area (Å²) < 4.78 is 17.0. The van der Waals surface area contributed by atoms with Crippen LogP contribution in [-0.2, 0) is 11.4 Å². The first-order chi connectivity index (χ1) is 15.1. The number of hydrogen-bond donors (Lipinski definition) is 1. The minimum Gasteiger partial charge on any atom is -0.493 e. The van der Waals surface area contributed by atoms with Gasteiger partial charge in [-0.1, -0.05) is 36.4 Å². The summed E-state index contributed by atoms with van der Waals surface area (Å²) in [5.74, 6) is 0.968. The van der Waals surface area contributed by atoms with Gasteiger partial charge < -0.3 is 19.3 Å². The van der Waals surface area contributed by atoms with Gasteiger partial charge in [0.05, 0.1) is 14.2 Å². The summed E-state index contributed by atoms with van der Waals surface area (Å²) in [6, 6.07) is 21.6. The summed E-state index contributed by atoms with van der Waals surface area (Å²) in [6.07, 6.45) is 2.74. The van der Waals surface area contributed by atoms with Crippen molar-refractivity contribution in [2.45, 2.75) is 6.61 Å². The lowest BCUT2D eigenvalue weighted by Crippen LogP contribution is -1.96. The molecule has 4 aromatic carbocycles. The third kappa shape index (κ3) is 4.31. The normalized spacial score (nSPS) is 11.2. The van der Waals surface area contributed by atoms with Crippen molar-refractivity contribution in [1.29, 1.82) is 0 Å². The molecule has 0 saturated carbocycles. The number of carboxylic acid groups (broad SMARTS) is 1. The molecule has 0 aliphatic heterocycles. The second-order valence-corrected chi connectivity index (χ2v) is 7.05. The molecule has 0 saturated heterocycles. The van der Waals surface area contributed by atoms with E-state index in [-0.39, 0.29) is 0 Å². The topological polar surface area (TPSA) is 65.0 Å². The predicted molar refractivity (Wildman–Crippen MR) is 122 cm³/mol. The molecular weight excluding hydrogens is 392 g/mol. The number of hydrogen-bond acceptors (Lipinski definition) is 4. The van der Waals surface area contributed by atoms with Crippen molar-refractivity contribution >= 4 is 33.6 Å². The van der Waals surface area contributed by atoms with Crippen molar-refractivity contribution < 1.29 is 24.1 Å². The number of benzene rings is 4. The largest absolute Gasteiger partial charge is 0.493 e. The monoisotopic (exact) mass is 414 g/mol. The van der Waals surface area contributed by atoms with Crippen molar-refractivity contribution in [1.82, 2.24) is 0 Å². The highest BCUT2D eigenvalue weighted by Crippen LogP contribution is 2.38. The first-order valence-corrected chi connectivity index (χ1v) is 9.79. The molecule has 1 N–H and O–H groups in total. The summed E-state index contributed by atoms with van der Waals surface area (Å²) in [7, 11) is 3.19. The molecule has 0 amide bonds. The number of methoxy groups -OCH3 is 2. The fourth-order valence-electron chi connectivity index (χ4n) is 3.62. The van der Waals surface area contributed by atoms with E-state index in [4.69, 9.17) is 19.3 Å². The molecule has 0 bridgehead atoms. The first kappa shape index (κ1) is 20.3. The van der Waals surface area contributed by atoms with Crippen LogP contribution in [0.3, 0.4) is 0 Å². The predicted octanol–water partition coefficient (Wildman–Crippen LogP) is 5.69. The summed E-state index contributed by atoms with van der Waals surface area (Å²) in [5.41, 5.74) is 1.88. The molecule has 0 atom stereocenters. The van der Waals surface area contributed by atoms with Crippen LogP contribution in [0.1, 0.15) is 11.1 Å². The van der Waals surface area contributed by atoms with Crippen LogP contribution < -0.4 is 14.2 Å². The Morgan fingerprint density at radius 3 is 2.32 bits per heavy atom. The Morgan fingerprint density at radius 2 is 1.61 bits per heavy atom. The fourth-order valence-corrected chi connectivity index (χ4v) is 3.62. The number of rotatable bonds is 7. The molecule has 4 aromatic rings. The quantitative estimate of drug-likeness (QED) is 0.311. The maximum atomic E-state index is 11.1. The van der Waals surface area contributed by atoms with Crippen LogP contribution in [0.4, 0.5) is 0 Å². The first-order valence-electron chi connectivity index (χ1n) is 9.79. The van der Waals surface area contributed by atoms with Crippen LogP contribution >= 0.6 is 0 Å². The molecule has 0 aliphatic carbocycles. The molecule has 5 heteroatoms. The Hall–Kier alpha value is -3.99. The van der Waals surface area contributed by atoms with E-state index in [1.54, 1.807) is 20.3 Å². The molecule has 0 unspecified atom stereocenters. The summed E-state index contributed by atoms with van der Waals surface area (Å²) in [4.78, 5) is 11.1. The highest BCUT2D eigenvalue weighted by Gasteiger charge is 2.12. The smallest absolute Gasteiger partial charge is 0.328 e. The van der Waals surface area contributed by atoms with Crippen LogP contribution in [0, 0.1) is 0 Å². The van der Waals surface area contributed by atoms with E-state index in [9.17, 15) is 4.79 Å². The van der Waals surface area contributed by atoms with Crippen molar-refractivity contribution in [3.8, 4) is 17.2 Å². The highest BCUT2D eigenvalue weighted by molar-refractivity contribution is 6.12. The van der Waals surface area contributed by atoms with Crippen molar-refractivity contribution in [2.24, 2.45) is 0 Å². The molecular formula is C26H22O5. The molecule has 0 spiro atoms. The number of aliphatic carboxylic acids is 1. The maximum Gasteiger partial charge on any atom is 0.328 e. The molecule has 4 rings (SSSR count). The van der Waals surface area contributed by atoms with E-state index in [0.717, 1.165) is 44.5 Å². The average Bonchev–Trinajstić information content (AvgIpc) is 2.80. The van der Waals surface area contributed by atoms with Crippen LogP contribution in [0.2, 0.25) is 0 Å². The second kappa shape index (κ2) is 8.79. The van der Waals surface area contributed by atoms with Gasteiger partial charge in [-0.3, -0.25) is 0 Å². The second-order valence-electron chi connectivity index (χ2n) is 7.05. The van der Waals surface area contributed by atoms with Gasteiger partial charge in [-0.2, -0.15) is 0 Å². The van der Waals surface area contributed by atoms with Crippen LogP contribution in [0.25, 0.3) is 27.6 Å². The molecule has 156 valence electrons. The Labute approximate surface area is 180 Å². The number of carboxylic acids is 1. The Bertz CT molecular complexity index is 1280. The molecule has 5 nitrogen and oxygen atoms in total. The molecule has 0 heterocycles. The average molecular weight is 414 g/mol. The zero-order valence-corrected chi connectivity index (χ0v) is 17.3. The van der Waals surface area contributed by atoms with Gasteiger partial charge in [-0.15, -0.1) is 0 Å². The Balaban J connectivity index is 1.87. The fraction of sp³-hybridized carbons (Fsp3) is 0.115. The van der Waals surface area contributed by atoms with Crippen LogP contribution in [0.15, 0.2) is 72.8 Å². The Morgan fingerprint density at radius 1 is 0.871 bits per heavy atom. The molecule has 0 aliphatic rings. The van der Waals surface area contributed by atoms with E-state index < -0.39 is 5.97 Å². The van der Waals surface area contributed by atoms with E-state index in [0.29, 0.717) is 18.1 Å². The Kier molecular flexibility index (Phi) is 5.76. The van der Waals surface area contributed by atoms with Gasteiger partial charge in [0, 0.05) is 6.08 Å². The van der Waals surface area contributed by atoms with Gasteiger partial charge in [0.15, 0.2) is 11.5 Å². The van der Waals surface area contributed by atoms with E-state index in [2.05, 4.69) is 0 Å². The van der Waals surface area contributed by atoms with Crippen molar-refractivity contribution in [3.63, 3.8) is 0 Å². The highest BCUT2D eigenvalue weighted by atomic mass is 16.5.